The molecule has 0 amide bonds. The molecule has 0 aliphatic carbocycles. The molecule has 15 heteroatoms. The van der Waals surface area contributed by atoms with Gasteiger partial charge in [0.05, 0.1) is 22.7 Å². The molecule has 2 fully saturated rings. The van der Waals surface area contributed by atoms with Crippen LogP contribution in [-0.2, 0) is 0 Å². The molecule has 53 heavy (non-hydrogen) atoms. The molecule has 2 saturated heterocycles. The Morgan fingerprint density at radius 3 is 1.72 bits per heavy atom. The maximum atomic E-state index is 13.5. The van der Waals surface area contributed by atoms with Crippen molar-refractivity contribution in [3.8, 4) is 0 Å². The lowest BCUT2D eigenvalue weighted by Gasteiger charge is -2.62. The van der Waals surface area contributed by atoms with Gasteiger partial charge < -0.3 is 29.4 Å². The standard InChI is InChI=1S/C38H54B8N6O/c1-47-30-8-3-6-24-26-20-49(18-15-28(26)51(33(24)30)37(43,44)35(47,39)40)17-5-10-32(53)22-11-13-23(14-12-22)50-19-16-29-27(21-50)25-7-4-9-31-34(25)52(29)38(45,46)36(41,42)48(31)2/h3-4,6-9,11-14,26-29H,5,10,15-21,39-46H2,1-2H3/t26-,27-,28-,29-/m0/s1. The van der Waals surface area contributed by atoms with E-state index in [1.807, 2.05) is 0 Å². The maximum absolute atomic E-state index is 13.5. The predicted molar refractivity (Wildman–Crippen MR) is 245 cm³/mol. The van der Waals surface area contributed by atoms with Crippen molar-refractivity contribution in [3.05, 3.63) is 77.4 Å². The number of carbonyl (C=O) groups excluding carboxylic acids is 1. The highest BCUT2D eigenvalue weighted by Gasteiger charge is 2.58. The quantitative estimate of drug-likeness (QED) is 0.202. The first kappa shape index (κ1) is 35.5. The van der Waals surface area contributed by atoms with Crippen molar-refractivity contribution < 1.29 is 4.79 Å². The second-order valence-corrected chi connectivity index (χ2v) is 19.3. The average Bonchev–Trinajstić information content (AvgIpc) is 3.66. The van der Waals surface area contributed by atoms with Crippen molar-refractivity contribution in [2.45, 2.75) is 71.0 Å². The number of likely N-dealkylation sites (N-methyl/N-ethyl adjacent to an activating group) is 2. The van der Waals surface area contributed by atoms with Gasteiger partial charge in [-0.3, -0.25) is 4.79 Å². The van der Waals surface area contributed by atoms with Gasteiger partial charge in [0, 0.05) is 81.9 Å². The van der Waals surface area contributed by atoms with E-state index < -0.39 is 0 Å². The summed E-state index contributed by atoms with van der Waals surface area (Å²) in [5.74, 6) is 1.26. The van der Waals surface area contributed by atoms with E-state index in [2.05, 4.69) is 167 Å². The second kappa shape index (κ2) is 11.9. The molecule has 0 saturated carbocycles. The number of hydrogen-bond acceptors (Lipinski definition) is 7. The van der Waals surface area contributed by atoms with Gasteiger partial charge in [-0.15, -0.1) is 0 Å². The Bertz CT molecular complexity index is 1980. The smallest absolute Gasteiger partial charge is 0.162 e. The van der Waals surface area contributed by atoms with Crippen LogP contribution >= 0.6 is 0 Å². The van der Waals surface area contributed by atoms with Gasteiger partial charge in [0.1, 0.15) is 62.8 Å². The van der Waals surface area contributed by atoms with Gasteiger partial charge in [0.2, 0.25) is 0 Å². The normalized spacial score (nSPS) is 28.2. The maximum Gasteiger partial charge on any atom is 0.162 e. The predicted octanol–water partition coefficient (Wildman–Crippen LogP) is -2.91. The first-order valence-corrected chi connectivity index (χ1v) is 20.5. The first-order chi connectivity index (χ1) is 25.1. The van der Waals surface area contributed by atoms with Gasteiger partial charge in [-0.25, -0.2) is 0 Å². The lowest BCUT2D eigenvalue weighted by atomic mass is 9.36. The molecule has 4 atom stereocenters. The third-order valence-electron chi connectivity index (χ3n) is 16.3. The van der Waals surface area contributed by atoms with Crippen LogP contribution in [0.4, 0.5) is 28.4 Å². The van der Waals surface area contributed by atoms with Crippen molar-refractivity contribution >= 4 is 97.0 Å². The molecule has 9 rings (SSSR count). The van der Waals surface area contributed by atoms with Gasteiger partial charge in [-0.05, 0) is 94.7 Å². The van der Waals surface area contributed by atoms with Gasteiger partial charge in [0.15, 0.2) is 5.78 Å². The minimum Gasteiger partial charge on any atom is -0.382 e. The van der Waals surface area contributed by atoms with E-state index >= 15 is 0 Å². The summed E-state index contributed by atoms with van der Waals surface area (Å²) in [6.07, 6.45) is 3.82. The fourth-order valence-electron chi connectivity index (χ4n) is 11.6. The van der Waals surface area contributed by atoms with E-state index in [9.17, 15) is 4.79 Å². The van der Waals surface area contributed by atoms with E-state index in [1.165, 1.54) is 46.0 Å². The Morgan fingerprint density at radius 1 is 0.660 bits per heavy atom. The Hall–Kier alpha value is -3.19. The van der Waals surface area contributed by atoms with E-state index in [4.69, 9.17) is 0 Å². The van der Waals surface area contributed by atoms with Gasteiger partial charge >= 0.3 is 0 Å². The molecule has 0 bridgehead atoms. The van der Waals surface area contributed by atoms with Crippen molar-refractivity contribution in [1.29, 1.82) is 0 Å². The summed E-state index contributed by atoms with van der Waals surface area (Å²) < 4.78 is 0. The lowest BCUT2D eigenvalue weighted by molar-refractivity contribution is 0.0971. The summed E-state index contributed by atoms with van der Waals surface area (Å²) in [7, 11) is 23.9. The summed E-state index contributed by atoms with van der Waals surface area (Å²) >= 11 is 0. The molecule has 266 valence electrons. The van der Waals surface area contributed by atoms with Crippen molar-refractivity contribution in [3.63, 3.8) is 0 Å². The molecule has 0 spiro atoms. The highest BCUT2D eigenvalue weighted by Crippen LogP contribution is 2.57. The number of piperidine rings is 2. The van der Waals surface area contributed by atoms with Crippen LogP contribution in [0.15, 0.2) is 60.7 Å². The van der Waals surface area contributed by atoms with Gasteiger partial charge in [0.25, 0.3) is 0 Å². The van der Waals surface area contributed by atoms with Crippen LogP contribution in [-0.4, -0.2) is 154 Å². The zero-order chi connectivity index (χ0) is 37.4. The molecular weight excluding hydrogens is 643 g/mol. The third kappa shape index (κ3) is 4.83. The number of ketones is 1. The Kier molecular flexibility index (Phi) is 7.98. The molecular formula is C38H54B8N6O. The van der Waals surface area contributed by atoms with E-state index in [0.29, 0.717) is 30.3 Å². The van der Waals surface area contributed by atoms with Crippen LogP contribution in [0.5, 0.6) is 0 Å². The third-order valence-corrected chi connectivity index (χ3v) is 16.3. The summed E-state index contributed by atoms with van der Waals surface area (Å²) in [4.78, 5) is 29.3. The number of benzene rings is 3. The van der Waals surface area contributed by atoms with Gasteiger partial charge in [-0.2, -0.15) is 0 Å². The van der Waals surface area contributed by atoms with Crippen LogP contribution in [0.3, 0.4) is 0 Å². The molecule has 0 unspecified atom stereocenters. The average molecular weight is 697 g/mol. The van der Waals surface area contributed by atoms with Crippen LogP contribution in [0.1, 0.15) is 59.0 Å². The van der Waals surface area contributed by atoms with Crippen LogP contribution in [0.25, 0.3) is 0 Å². The Morgan fingerprint density at radius 2 is 1.17 bits per heavy atom. The minimum atomic E-state index is 0.0103. The molecule has 0 aromatic heterocycles. The van der Waals surface area contributed by atoms with Gasteiger partial charge in [-0.1, -0.05) is 24.3 Å². The van der Waals surface area contributed by atoms with Crippen LogP contribution in [0, 0.1) is 0 Å². The first-order valence-electron chi connectivity index (χ1n) is 20.5. The molecule has 7 nitrogen and oxygen atoms in total. The van der Waals surface area contributed by atoms with E-state index in [1.54, 1.807) is 0 Å². The summed E-state index contributed by atoms with van der Waals surface area (Å²) in [5, 5.41) is 0.0656. The molecule has 6 aliphatic rings. The van der Waals surface area contributed by atoms with Crippen LogP contribution in [0.2, 0.25) is 0 Å². The molecule has 0 N–H and O–H groups in total. The van der Waals surface area contributed by atoms with E-state index in [-0.39, 0.29) is 27.1 Å². The monoisotopic (exact) mass is 699 g/mol. The number of para-hydroxylation sites is 2. The molecule has 0 radical (unpaired) electrons. The summed E-state index contributed by atoms with van der Waals surface area (Å²) in [5.41, 5.74) is 10.8. The summed E-state index contributed by atoms with van der Waals surface area (Å²) in [6, 6.07) is 23.5. The number of Topliss-reactive ketones (excluding diaryl/α,β-unsaturated/α-hetero) is 1. The number of nitrogens with zero attached hydrogens (tertiary/aromatic N) is 6. The number of hydrogen-bond donors (Lipinski definition) is 0. The Labute approximate surface area is 325 Å². The largest absolute Gasteiger partial charge is 0.382 e. The molecule has 6 aliphatic heterocycles. The zero-order valence-corrected chi connectivity index (χ0v) is 34.0. The number of rotatable bonds is 6. The van der Waals surface area contributed by atoms with Crippen LogP contribution < -0.4 is 24.5 Å². The highest BCUT2D eigenvalue weighted by molar-refractivity contribution is 6.58. The SMILES string of the molecule is BC1(B)N(C)c2cccc3c2N([C@H]2CCN(CCCC(=O)c4ccc(N5CC[C@H]6[C@@H](C5)c5cccc7c5N6C(B)(B)C(B)(B)N7C)cc4)C[C@@H]32)C1(B)B. The fraction of sp³-hybridized carbons (Fsp3) is 0.500. The molecule has 3 aromatic rings. The second-order valence-electron chi connectivity index (χ2n) is 19.3. The van der Waals surface area contributed by atoms with Crippen molar-refractivity contribution in [2.24, 2.45) is 0 Å². The number of likely N-dealkylation sites (tertiary alicyclic amines) is 1. The number of anilines is 5. The molecule has 3 aromatic carbocycles. The fourth-order valence-corrected chi connectivity index (χ4v) is 11.6. The van der Waals surface area contributed by atoms with Crippen molar-refractivity contribution in [2.75, 3.05) is 71.3 Å². The lowest BCUT2D eigenvalue weighted by Crippen LogP contribution is -2.77. The number of fused-ring (bicyclic) bond motifs is 6. The number of carbonyl (C=O) groups is 1. The Balaban J connectivity index is 0.832. The van der Waals surface area contributed by atoms with Crippen molar-refractivity contribution in [1.82, 2.24) is 4.90 Å². The molecule has 6 heterocycles. The summed E-state index contributed by atoms with van der Waals surface area (Å²) in [6.45, 7) is 5.21. The zero-order valence-electron chi connectivity index (χ0n) is 34.0. The minimum absolute atomic E-state index is 0.0103. The highest BCUT2D eigenvalue weighted by atomic mass is 16.1. The van der Waals surface area contributed by atoms with E-state index in [0.717, 1.165) is 51.1 Å². The topological polar surface area (TPSA) is 36.5 Å².